The summed E-state index contributed by atoms with van der Waals surface area (Å²) in [5.74, 6) is -0.854. The molecule has 40 heavy (non-hydrogen) atoms. The first-order valence-electron chi connectivity index (χ1n) is 12.5. The minimum absolute atomic E-state index is 0.0415. The zero-order valence-electron chi connectivity index (χ0n) is 21.2. The molecule has 0 saturated carbocycles. The molecule has 4 N–H and O–H groups in total. The summed E-state index contributed by atoms with van der Waals surface area (Å²) in [6, 6.07) is 22.8. The van der Waals surface area contributed by atoms with Gasteiger partial charge in [-0.1, -0.05) is 60.7 Å². The van der Waals surface area contributed by atoms with Gasteiger partial charge in [-0.25, -0.2) is 4.98 Å². The third kappa shape index (κ3) is 5.64. The van der Waals surface area contributed by atoms with Crippen LogP contribution in [0.5, 0.6) is 0 Å². The Morgan fingerprint density at radius 3 is 2.00 bits per heavy atom. The first kappa shape index (κ1) is 27.5. The van der Waals surface area contributed by atoms with Crippen molar-refractivity contribution in [1.82, 2.24) is 15.6 Å². The molecule has 5 rings (SSSR count). The van der Waals surface area contributed by atoms with Crippen molar-refractivity contribution in [3.8, 4) is 11.5 Å². The van der Waals surface area contributed by atoms with E-state index in [1.165, 1.54) is 0 Å². The molecule has 3 aromatic carbocycles. The molecule has 2 amide bonds. The van der Waals surface area contributed by atoms with E-state index in [-0.39, 0.29) is 49.7 Å². The Bertz CT molecular complexity index is 1740. The molecule has 0 spiro atoms. The maximum absolute atomic E-state index is 13.3. The fraction of sp³-hybridized carbons (Fsp3) is 0.133. The quantitative estimate of drug-likeness (QED) is 0.152. The lowest BCUT2D eigenvalue weighted by Crippen LogP contribution is -2.30. The number of nitrogens with two attached hydrogens (primary N) is 1. The van der Waals surface area contributed by atoms with Gasteiger partial charge in [0.15, 0.2) is 11.3 Å². The van der Waals surface area contributed by atoms with Crippen LogP contribution >= 0.6 is 31.9 Å². The second kappa shape index (κ2) is 12.0. The molecule has 2 aliphatic rings. The van der Waals surface area contributed by atoms with Crippen LogP contribution in [0.4, 0.5) is 5.69 Å². The average Bonchev–Trinajstić information content (AvgIpc) is 2.97. The Morgan fingerprint density at radius 2 is 1.40 bits per heavy atom. The first-order valence-corrected chi connectivity index (χ1v) is 14.1. The molecule has 0 radical (unpaired) electrons. The van der Waals surface area contributed by atoms with E-state index in [2.05, 4.69) is 47.5 Å². The molecule has 0 fully saturated rings. The molecule has 0 atom stereocenters. The Labute approximate surface area is 246 Å². The number of hydrogen-bond donors (Lipinski definition) is 3. The number of nitrogens with zero attached hydrogens (tertiary/aromatic N) is 1. The van der Waals surface area contributed by atoms with Crippen molar-refractivity contribution in [2.45, 2.75) is 12.8 Å². The van der Waals surface area contributed by atoms with E-state index >= 15 is 0 Å². The van der Waals surface area contributed by atoms with Crippen molar-refractivity contribution in [2.75, 3.05) is 18.8 Å². The summed E-state index contributed by atoms with van der Waals surface area (Å²) in [5.41, 5.74) is 8.16. The molecule has 1 aliphatic carbocycles. The van der Waals surface area contributed by atoms with Crippen LogP contribution in [0.1, 0.15) is 31.8 Å². The van der Waals surface area contributed by atoms with Crippen molar-refractivity contribution in [3.63, 3.8) is 0 Å². The van der Waals surface area contributed by atoms with Crippen LogP contribution in [0.15, 0.2) is 91.0 Å². The van der Waals surface area contributed by atoms with Crippen molar-refractivity contribution in [3.05, 3.63) is 114 Å². The predicted molar refractivity (Wildman–Crippen MR) is 162 cm³/mol. The summed E-state index contributed by atoms with van der Waals surface area (Å²) in [6.45, 7) is 0.734. The molecular formula is C30H24Br2N4O4. The van der Waals surface area contributed by atoms with Crippen molar-refractivity contribution >= 4 is 60.5 Å². The maximum Gasteiger partial charge on any atom is 0.255 e. The number of nitrogens with one attached hydrogen (secondary N) is 2. The van der Waals surface area contributed by atoms with Crippen LogP contribution in [0.25, 0.3) is 22.6 Å². The molecule has 0 aromatic heterocycles. The van der Waals surface area contributed by atoms with E-state index in [1.54, 1.807) is 12.1 Å². The van der Waals surface area contributed by atoms with Crippen LogP contribution in [0, 0.1) is 0 Å². The number of carbonyl (C=O) groups excluding carboxylic acids is 2. The number of carbonyl (C=O) groups is 2. The van der Waals surface area contributed by atoms with Gasteiger partial charge in [0.05, 0.1) is 21.3 Å². The van der Waals surface area contributed by atoms with Gasteiger partial charge in [-0.15, -0.1) is 0 Å². The molecular weight excluding hydrogens is 640 g/mol. The Kier molecular flexibility index (Phi) is 8.27. The molecule has 1 heterocycles. The smallest absolute Gasteiger partial charge is 0.255 e. The second-order valence-corrected chi connectivity index (χ2v) is 10.7. The van der Waals surface area contributed by atoms with Crippen LogP contribution in [0.2, 0.25) is 0 Å². The molecule has 3 aromatic rings. The largest absolute Gasteiger partial charge is 0.450 e. The van der Waals surface area contributed by atoms with Crippen LogP contribution < -0.4 is 21.8 Å². The van der Waals surface area contributed by atoms with Gasteiger partial charge in [0.1, 0.15) is 15.7 Å². The predicted octanol–water partition coefficient (Wildman–Crippen LogP) is 5.35. The minimum Gasteiger partial charge on any atom is -0.450 e. The molecule has 10 heteroatoms. The van der Waals surface area contributed by atoms with Crippen LogP contribution in [0.3, 0.4) is 0 Å². The average molecular weight is 664 g/mol. The number of anilines is 1. The Balaban J connectivity index is 1.51. The SMILES string of the molecule is Nc1c(C(=O)NCCc2ccccc2)c2nc3c(C(=O)NCCc4ccccc4)ccc(Br)c3oc-2c(Br)c1=O. The summed E-state index contributed by atoms with van der Waals surface area (Å²) >= 11 is 6.71. The fourth-order valence-electron chi connectivity index (χ4n) is 4.38. The van der Waals surface area contributed by atoms with Gasteiger partial charge >= 0.3 is 0 Å². The molecule has 1 aliphatic heterocycles. The van der Waals surface area contributed by atoms with E-state index in [0.29, 0.717) is 30.4 Å². The van der Waals surface area contributed by atoms with Crippen molar-refractivity contribution in [1.29, 1.82) is 0 Å². The zero-order valence-corrected chi connectivity index (χ0v) is 24.3. The van der Waals surface area contributed by atoms with Gasteiger partial charge in [0, 0.05) is 13.1 Å². The van der Waals surface area contributed by atoms with Crippen molar-refractivity contribution < 1.29 is 14.0 Å². The third-order valence-electron chi connectivity index (χ3n) is 6.43. The standard InChI is InChI=1S/C30H24Br2N4O4/c31-20-12-11-19(29(38)34-15-13-17-7-3-1-4-8-17)24-27(20)40-28-22(32)26(37)23(33)21(25(28)36-24)30(39)35-16-14-18-9-5-2-6-10-18/h1-12H,13-16,33H2,(H,34,38)(H,35,39). The van der Waals surface area contributed by atoms with Gasteiger partial charge in [-0.3, -0.25) is 14.4 Å². The highest BCUT2D eigenvalue weighted by molar-refractivity contribution is 9.11. The minimum atomic E-state index is -0.587. The van der Waals surface area contributed by atoms with E-state index in [9.17, 15) is 14.4 Å². The highest BCUT2D eigenvalue weighted by atomic mass is 79.9. The van der Waals surface area contributed by atoms with E-state index < -0.39 is 11.3 Å². The van der Waals surface area contributed by atoms with Gasteiger partial charge < -0.3 is 20.8 Å². The normalized spacial score (nSPS) is 11.1. The Morgan fingerprint density at radius 1 is 0.825 bits per heavy atom. The Hall–Kier alpha value is -4.02. The number of benzene rings is 4. The molecule has 202 valence electrons. The highest BCUT2D eigenvalue weighted by Gasteiger charge is 2.29. The summed E-state index contributed by atoms with van der Waals surface area (Å²) in [6.07, 6.45) is 1.25. The summed E-state index contributed by atoms with van der Waals surface area (Å²) in [5, 5.41) is 5.74. The van der Waals surface area contributed by atoms with Gasteiger partial charge in [-0.05, 0) is 68.0 Å². The van der Waals surface area contributed by atoms with Crippen molar-refractivity contribution in [2.24, 2.45) is 0 Å². The monoisotopic (exact) mass is 662 g/mol. The lowest BCUT2D eigenvalue weighted by atomic mass is 10.0. The van der Waals surface area contributed by atoms with E-state index in [4.69, 9.17) is 10.2 Å². The molecule has 0 bridgehead atoms. The summed E-state index contributed by atoms with van der Waals surface area (Å²) < 4.78 is 6.67. The lowest BCUT2D eigenvalue weighted by molar-refractivity contribution is 0.0947. The van der Waals surface area contributed by atoms with Crippen LogP contribution in [-0.2, 0) is 12.8 Å². The van der Waals surface area contributed by atoms with E-state index in [1.807, 2.05) is 60.7 Å². The number of halogens is 2. The summed E-state index contributed by atoms with van der Waals surface area (Å²) in [4.78, 5) is 44.1. The topological polar surface area (TPSA) is 127 Å². The number of hydrogen-bond acceptors (Lipinski definition) is 6. The molecule has 0 unspecified atom stereocenters. The van der Waals surface area contributed by atoms with Crippen LogP contribution in [-0.4, -0.2) is 29.9 Å². The third-order valence-corrected chi connectivity index (χ3v) is 7.78. The van der Waals surface area contributed by atoms with E-state index in [0.717, 1.165) is 11.1 Å². The van der Waals surface area contributed by atoms with Gasteiger partial charge in [-0.2, -0.15) is 0 Å². The van der Waals surface area contributed by atoms with Gasteiger partial charge in [0.2, 0.25) is 5.43 Å². The first-order chi connectivity index (χ1) is 19.3. The molecule has 0 saturated heterocycles. The number of nitrogen functional groups attached to an aromatic ring is 1. The summed E-state index contributed by atoms with van der Waals surface area (Å²) in [7, 11) is 0. The zero-order chi connectivity index (χ0) is 28.2. The fourth-order valence-corrected chi connectivity index (χ4v) is 5.26. The number of amides is 2. The number of fused-ring (bicyclic) bond motifs is 2. The highest BCUT2D eigenvalue weighted by Crippen LogP contribution is 2.37. The maximum atomic E-state index is 13.3. The lowest BCUT2D eigenvalue weighted by Gasteiger charge is -2.16. The second-order valence-electron chi connectivity index (χ2n) is 9.08. The van der Waals surface area contributed by atoms with Gasteiger partial charge in [0.25, 0.3) is 11.8 Å². The molecule has 8 nitrogen and oxygen atoms in total. The number of rotatable bonds is 8. The number of aromatic nitrogens is 1.